The van der Waals surface area contributed by atoms with Crippen molar-refractivity contribution < 1.29 is 18.3 Å². The number of carbonyl (C=O) groups excluding carboxylic acids is 1. The van der Waals surface area contributed by atoms with Crippen LogP contribution in [0.3, 0.4) is 0 Å². The van der Waals surface area contributed by atoms with Crippen LogP contribution in [0.5, 0.6) is 0 Å². The molecule has 0 fully saturated rings. The highest BCUT2D eigenvalue weighted by Crippen LogP contribution is 2.33. The molecule has 2 heterocycles. The Morgan fingerprint density at radius 1 is 1.35 bits per heavy atom. The van der Waals surface area contributed by atoms with Crippen LogP contribution in [-0.2, 0) is 4.74 Å². The number of nitrogen functional groups attached to an aromatic ring is 1. The summed E-state index contributed by atoms with van der Waals surface area (Å²) in [6, 6.07) is 7.79. The molecule has 2 aromatic heterocycles. The summed E-state index contributed by atoms with van der Waals surface area (Å²) in [4.78, 5) is 16.3. The van der Waals surface area contributed by atoms with Gasteiger partial charge in [0.2, 0.25) is 11.5 Å². The number of aryl methyl sites for hydroxylation is 1. The smallest absolute Gasteiger partial charge is 0.376 e. The van der Waals surface area contributed by atoms with Crippen LogP contribution < -0.4 is 5.73 Å². The van der Waals surface area contributed by atoms with Gasteiger partial charge in [0, 0.05) is 5.56 Å². The molecular weight excluding hydrogens is 299 g/mol. The van der Waals surface area contributed by atoms with Crippen LogP contribution in [0.15, 0.2) is 34.7 Å². The molecule has 0 saturated carbocycles. The summed E-state index contributed by atoms with van der Waals surface area (Å²) in [5, 5.41) is 0.582. The first-order valence-corrected chi connectivity index (χ1v) is 7.14. The SMILES string of the molecule is CCOC(=O)c1oc2nc(-c3ccc(F)cc3)cc(C)c2c1N. The van der Waals surface area contributed by atoms with Crippen LogP contribution in [0.4, 0.5) is 10.1 Å². The lowest BCUT2D eigenvalue weighted by molar-refractivity contribution is 0.0494. The van der Waals surface area contributed by atoms with Crippen molar-refractivity contribution in [2.45, 2.75) is 13.8 Å². The Morgan fingerprint density at radius 2 is 2.04 bits per heavy atom. The number of pyridine rings is 1. The number of furan rings is 1. The molecule has 5 nitrogen and oxygen atoms in total. The highest BCUT2D eigenvalue weighted by Gasteiger charge is 2.22. The number of fused-ring (bicyclic) bond motifs is 1. The molecule has 0 atom stereocenters. The minimum absolute atomic E-state index is 0.0475. The fourth-order valence-corrected chi connectivity index (χ4v) is 2.43. The van der Waals surface area contributed by atoms with Gasteiger partial charge in [-0.1, -0.05) is 0 Å². The molecular formula is C17H15FN2O3. The van der Waals surface area contributed by atoms with Gasteiger partial charge in [-0.05, 0) is 49.7 Å². The summed E-state index contributed by atoms with van der Waals surface area (Å²) >= 11 is 0. The fraction of sp³-hybridized carbons (Fsp3) is 0.176. The van der Waals surface area contributed by atoms with Crippen LogP contribution in [-0.4, -0.2) is 17.6 Å². The van der Waals surface area contributed by atoms with E-state index < -0.39 is 5.97 Å². The molecule has 3 aromatic rings. The predicted molar refractivity (Wildman–Crippen MR) is 84.5 cm³/mol. The number of benzene rings is 1. The van der Waals surface area contributed by atoms with E-state index in [2.05, 4.69) is 4.98 Å². The van der Waals surface area contributed by atoms with E-state index in [9.17, 15) is 9.18 Å². The molecule has 0 radical (unpaired) electrons. The second-order valence-corrected chi connectivity index (χ2v) is 5.08. The standard InChI is InChI=1S/C17H15FN2O3/c1-3-22-17(21)15-14(19)13-9(2)8-12(20-16(13)23-15)10-4-6-11(18)7-5-10/h4-8H,3,19H2,1-2H3. The molecule has 23 heavy (non-hydrogen) atoms. The van der Waals surface area contributed by atoms with E-state index in [1.54, 1.807) is 19.1 Å². The van der Waals surface area contributed by atoms with Gasteiger partial charge < -0.3 is 14.9 Å². The summed E-state index contributed by atoms with van der Waals surface area (Å²) in [5.41, 5.74) is 8.63. The fourth-order valence-electron chi connectivity index (χ4n) is 2.43. The number of aromatic nitrogens is 1. The number of nitrogens with zero attached hydrogens (tertiary/aromatic N) is 1. The Balaban J connectivity index is 2.15. The largest absolute Gasteiger partial charge is 0.460 e. The van der Waals surface area contributed by atoms with E-state index in [0.29, 0.717) is 11.1 Å². The van der Waals surface area contributed by atoms with Gasteiger partial charge in [0.05, 0.1) is 23.4 Å². The Bertz CT molecular complexity index is 885. The second-order valence-electron chi connectivity index (χ2n) is 5.08. The molecule has 0 amide bonds. The molecule has 6 heteroatoms. The number of ether oxygens (including phenoxy) is 1. The number of rotatable bonds is 3. The topological polar surface area (TPSA) is 78.3 Å². The molecule has 0 unspecified atom stereocenters. The van der Waals surface area contributed by atoms with Crippen molar-refractivity contribution in [3.05, 3.63) is 47.5 Å². The lowest BCUT2D eigenvalue weighted by Crippen LogP contribution is -2.05. The van der Waals surface area contributed by atoms with Crippen molar-refractivity contribution in [3.8, 4) is 11.3 Å². The van der Waals surface area contributed by atoms with Crippen LogP contribution in [0, 0.1) is 12.7 Å². The van der Waals surface area contributed by atoms with Crippen molar-refractivity contribution in [3.63, 3.8) is 0 Å². The zero-order valence-corrected chi connectivity index (χ0v) is 12.7. The zero-order chi connectivity index (χ0) is 16.6. The molecule has 2 N–H and O–H groups in total. The number of nitrogens with two attached hydrogens (primary N) is 1. The average Bonchev–Trinajstić information content (AvgIpc) is 2.86. The monoisotopic (exact) mass is 314 g/mol. The summed E-state index contributed by atoms with van der Waals surface area (Å²) in [6.07, 6.45) is 0. The summed E-state index contributed by atoms with van der Waals surface area (Å²) in [6.45, 7) is 3.77. The number of carbonyl (C=O) groups is 1. The van der Waals surface area contributed by atoms with Gasteiger partial charge in [-0.15, -0.1) is 0 Å². The molecule has 118 valence electrons. The van der Waals surface area contributed by atoms with Crippen molar-refractivity contribution in [1.29, 1.82) is 0 Å². The lowest BCUT2D eigenvalue weighted by Gasteiger charge is -2.03. The molecule has 0 spiro atoms. The molecule has 0 aliphatic carbocycles. The van der Waals surface area contributed by atoms with E-state index in [4.69, 9.17) is 14.9 Å². The Morgan fingerprint density at radius 3 is 2.70 bits per heavy atom. The van der Waals surface area contributed by atoms with E-state index in [1.807, 2.05) is 13.0 Å². The Hall–Kier alpha value is -2.89. The van der Waals surface area contributed by atoms with Crippen molar-refractivity contribution in [2.24, 2.45) is 0 Å². The van der Waals surface area contributed by atoms with Crippen LogP contribution in [0.25, 0.3) is 22.4 Å². The van der Waals surface area contributed by atoms with Crippen molar-refractivity contribution in [2.75, 3.05) is 12.3 Å². The maximum atomic E-state index is 13.0. The Labute approximate surface area is 131 Å². The van der Waals surface area contributed by atoms with Crippen molar-refractivity contribution >= 4 is 22.8 Å². The molecule has 3 rings (SSSR count). The molecule has 0 aliphatic rings. The van der Waals surface area contributed by atoms with E-state index in [-0.39, 0.29) is 29.6 Å². The summed E-state index contributed by atoms with van der Waals surface area (Å²) in [7, 11) is 0. The first-order chi connectivity index (χ1) is 11.0. The van der Waals surface area contributed by atoms with Gasteiger partial charge >= 0.3 is 5.97 Å². The number of hydrogen-bond donors (Lipinski definition) is 1. The maximum absolute atomic E-state index is 13.0. The second kappa shape index (κ2) is 5.72. The third kappa shape index (κ3) is 2.63. The molecule has 0 bridgehead atoms. The van der Waals surface area contributed by atoms with Gasteiger partial charge in [0.15, 0.2) is 0 Å². The van der Waals surface area contributed by atoms with Gasteiger partial charge in [-0.3, -0.25) is 0 Å². The minimum atomic E-state index is -0.620. The molecule has 0 saturated heterocycles. The zero-order valence-electron chi connectivity index (χ0n) is 12.7. The average molecular weight is 314 g/mol. The molecule has 1 aromatic carbocycles. The van der Waals surface area contributed by atoms with Gasteiger partial charge in [-0.25, -0.2) is 14.2 Å². The first-order valence-electron chi connectivity index (χ1n) is 7.14. The Kier molecular flexibility index (Phi) is 3.73. The van der Waals surface area contributed by atoms with Gasteiger partial charge in [-0.2, -0.15) is 0 Å². The normalized spacial score (nSPS) is 10.9. The quantitative estimate of drug-likeness (QED) is 0.746. The van der Waals surface area contributed by atoms with Crippen LogP contribution >= 0.6 is 0 Å². The predicted octanol–water partition coefficient (Wildman–Crippen LogP) is 3.70. The summed E-state index contributed by atoms with van der Waals surface area (Å²) < 4.78 is 23.5. The highest BCUT2D eigenvalue weighted by molar-refractivity contribution is 6.04. The lowest BCUT2D eigenvalue weighted by atomic mass is 10.1. The minimum Gasteiger partial charge on any atom is -0.460 e. The highest BCUT2D eigenvalue weighted by atomic mass is 19.1. The number of anilines is 1. The maximum Gasteiger partial charge on any atom is 0.376 e. The van der Waals surface area contributed by atoms with Gasteiger partial charge in [0.1, 0.15) is 5.82 Å². The molecule has 0 aliphatic heterocycles. The summed E-state index contributed by atoms with van der Waals surface area (Å²) in [5.74, 6) is -0.988. The third-order valence-corrected chi connectivity index (χ3v) is 3.50. The van der Waals surface area contributed by atoms with Crippen molar-refractivity contribution in [1.82, 2.24) is 4.98 Å². The number of halogens is 1. The number of esters is 1. The number of hydrogen-bond acceptors (Lipinski definition) is 5. The van der Waals surface area contributed by atoms with Gasteiger partial charge in [0.25, 0.3) is 0 Å². The van der Waals surface area contributed by atoms with Crippen LogP contribution in [0.2, 0.25) is 0 Å². The van der Waals surface area contributed by atoms with E-state index in [0.717, 1.165) is 11.1 Å². The third-order valence-electron chi connectivity index (χ3n) is 3.50. The first kappa shape index (κ1) is 15.0. The van der Waals surface area contributed by atoms with E-state index in [1.165, 1.54) is 12.1 Å². The van der Waals surface area contributed by atoms with Crippen LogP contribution in [0.1, 0.15) is 23.0 Å². The van der Waals surface area contributed by atoms with E-state index >= 15 is 0 Å².